The summed E-state index contributed by atoms with van der Waals surface area (Å²) in [7, 11) is 0. The third-order valence-corrected chi connectivity index (χ3v) is 4.13. The molecule has 2 heterocycles. The molecule has 0 bridgehead atoms. The van der Waals surface area contributed by atoms with Gasteiger partial charge >= 0.3 is 0 Å². The third kappa shape index (κ3) is 1.89. The Bertz CT molecular complexity index is 627. The summed E-state index contributed by atoms with van der Waals surface area (Å²) >= 11 is 1.28. The number of rotatable bonds is 1. The summed E-state index contributed by atoms with van der Waals surface area (Å²) in [6.45, 7) is 2.42. The lowest BCUT2D eigenvalue weighted by Gasteiger charge is -2.43. The van der Waals surface area contributed by atoms with Gasteiger partial charge in [0.25, 0.3) is 5.91 Å². The molecule has 0 aliphatic carbocycles. The number of hydrogen-bond donors (Lipinski definition) is 1. The van der Waals surface area contributed by atoms with Crippen molar-refractivity contribution in [1.29, 1.82) is 0 Å². The molecule has 0 atom stereocenters. The lowest BCUT2D eigenvalue weighted by molar-refractivity contribution is -0.0666. The van der Waals surface area contributed by atoms with Gasteiger partial charge in [-0.15, -0.1) is 11.3 Å². The molecule has 0 unspecified atom stereocenters. The van der Waals surface area contributed by atoms with E-state index < -0.39 is 5.60 Å². The zero-order chi connectivity index (χ0) is 12.9. The largest absolute Gasteiger partial charge is 0.386 e. The number of likely N-dealkylation sites (tertiary alicyclic amines) is 1. The van der Waals surface area contributed by atoms with Crippen LogP contribution in [0.15, 0.2) is 24.3 Å². The minimum absolute atomic E-state index is 0.0943. The quantitative estimate of drug-likeness (QED) is 0.859. The van der Waals surface area contributed by atoms with Crippen molar-refractivity contribution in [3.63, 3.8) is 0 Å². The van der Waals surface area contributed by atoms with Gasteiger partial charge in [-0.25, -0.2) is 4.39 Å². The fourth-order valence-corrected chi connectivity index (χ4v) is 3.24. The number of carbonyl (C=O) groups excluding carboxylic acids is 1. The van der Waals surface area contributed by atoms with E-state index in [1.54, 1.807) is 24.0 Å². The molecule has 0 spiro atoms. The maximum absolute atomic E-state index is 13.1. The van der Waals surface area contributed by atoms with Crippen LogP contribution in [0.25, 0.3) is 10.1 Å². The van der Waals surface area contributed by atoms with E-state index >= 15 is 0 Å². The van der Waals surface area contributed by atoms with Crippen molar-refractivity contribution < 1.29 is 14.3 Å². The molecule has 1 aliphatic rings. The highest BCUT2D eigenvalue weighted by atomic mass is 32.1. The molecule has 1 amide bonds. The first kappa shape index (κ1) is 11.6. The highest BCUT2D eigenvalue weighted by Crippen LogP contribution is 2.30. The Kier molecular flexibility index (Phi) is 2.43. The minimum atomic E-state index is -0.765. The zero-order valence-corrected chi connectivity index (χ0v) is 10.6. The van der Waals surface area contributed by atoms with Crippen LogP contribution in [0.5, 0.6) is 0 Å². The first-order valence-corrected chi connectivity index (χ1v) is 6.47. The Labute approximate surface area is 107 Å². The lowest BCUT2D eigenvalue weighted by Crippen LogP contribution is -2.61. The standard InChI is InChI=1S/C13H12FNO2S/c1-13(17)6-15(7-13)12(16)11-4-8-2-3-9(14)5-10(8)18-11/h2-5,17H,6-7H2,1H3. The zero-order valence-electron chi connectivity index (χ0n) is 9.81. The third-order valence-electron chi connectivity index (χ3n) is 3.04. The summed E-state index contributed by atoms with van der Waals surface area (Å²) in [5.74, 6) is -0.390. The van der Waals surface area contributed by atoms with Gasteiger partial charge in [-0.3, -0.25) is 4.79 Å². The van der Waals surface area contributed by atoms with E-state index in [1.807, 2.05) is 0 Å². The van der Waals surface area contributed by atoms with E-state index in [-0.39, 0.29) is 11.7 Å². The summed E-state index contributed by atoms with van der Waals surface area (Å²) in [5.41, 5.74) is -0.765. The number of aliphatic hydroxyl groups is 1. The summed E-state index contributed by atoms with van der Waals surface area (Å²) in [6, 6.07) is 6.26. The molecular formula is C13H12FNO2S. The Balaban J connectivity index is 1.88. The molecule has 18 heavy (non-hydrogen) atoms. The maximum Gasteiger partial charge on any atom is 0.264 e. The predicted molar refractivity (Wildman–Crippen MR) is 68.3 cm³/mol. The summed E-state index contributed by atoms with van der Waals surface area (Å²) in [5, 5.41) is 10.5. The summed E-state index contributed by atoms with van der Waals surface area (Å²) in [6.07, 6.45) is 0. The van der Waals surface area contributed by atoms with Crippen LogP contribution >= 0.6 is 11.3 Å². The van der Waals surface area contributed by atoms with Crippen LogP contribution in [0.3, 0.4) is 0 Å². The molecule has 3 rings (SSSR count). The Morgan fingerprint density at radius 3 is 2.83 bits per heavy atom. The van der Waals surface area contributed by atoms with Gasteiger partial charge < -0.3 is 10.0 Å². The number of fused-ring (bicyclic) bond motifs is 1. The van der Waals surface area contributed by atoms with Gasteiger partial charge in [0.15, 0.2) is 0 Å². The smallest absolute Gasteiger partial charge is 0.264 e. The first-order chi connectivity index (χ1) is 8.44. The number of benzene rings is 1. The molecule has 3 nitrogen and oxygen atoms in total. The fourth-order valence-electron chi connectivity index (χ4n) is 2.19. The van der Waals surface area contributed by atoms with Gasteiger partial charge in [-0.05, 0) is 30.5 Å². The van der Waals surface area contributed by atoms with Crippen LogP contribution in [0.2, 0.25) is 0 Å². The summed E-state index contributed by atoms with van der Waals surface area (Å²) in [4.78, 5) is 14.3. The number of carbonyl (C=O) groups is 1. The number of amides is 1. The number of hydrogen-bond acceptors (Lipinski definition) is 3. The molecule has 1 saturated heterocycles. The molecule has 0 saturated carbocycles. The first-order valence-electron chi connectivity index (χ1n) is 5.65. The molecule has 1 aromatic carbocycles. The maximum atomic E-state index is 13.1. The minimum Gasteiger partial charge on any atom is -0.386 e. The van der Waals surface area contributed by atoms with Crippen LogP contribution in [-0.4, -0.2) is 34.6 Å². The van der Waals surface area contributed by atoms with Gasteiger partial charge in [0.2, 0.25) is 0 Å². The van der Waals surface area contributed by atoms with Crippen molar-refractivity contribution in [2.75, 3.05) is 13.1 Å². The number of β-amino-alcohol motifs (C(OH)–C–C–N with tert-alkyl or cyclic N) is 1. The Morgan fingerprint density at radius 1 is 1.44 bits per heavy atom. The average molecular weight is 265 g/mol. The van der Waals surface area contributed by atoms with Crippen LogP contribution in [-0.2, 0) is 0 Å². The second kappa shape index (κ2) is 3.76. The molecular weight excluding hydrogens is 253 g/mol. The van der Waals surface area contributed by atoms with E-state index in [0.29, 0.717) is 18.0 Å². The van der Waals surface area contributed by atoms with Gasteiger partial charge in [-0.2, -0.15) is 0 Å². The molecule has 1 aliphatic heterocycles. The predicted octanol–water partition coefficient (Wildman–Crippen LogP) is 2.25. The Morgan fingerprint density at radius 2 is 2.17 bits per heavy atom. The molecule has 94 valence electrons. The molecule has 0 radical (unpaired) electrons. The lowest BCUT2D eigenvalue weighted by atomic mass is 9.97. The number of halogens is 1. The highest BCUT2D eigenvalue weighted by Gasteiger charge is 2.40. The summed E-state index contributed by atoms with van der Waals surface area (Å²) < 4.78 is 13.8. The molecule has 5 heteroatoms. The van der Waals surface area contributed by atoms with Crippen molar-refractivity contribution >= 4 is 27.3 Å². The normalized spacial score (nSPS) is 17.8. The van der Waals surface area contributed by atoms with Gasteiger partial charge in [0, 0.05) is 4.70 Å². The number of thiophene rings is 1. The van der Waals surface area contributed by atoms with Crippen molar-refractivity contribution in [3.8, 4) is 0 Å². The van der Waals surface area contributed by atoms with Crippen molar-refractivity contribution in [1.82, 2.24) is 4.90 Å². The second-order valence-electron chi connectivity index (χ2n) is 4.95. The van der Waals surface area contributed by atoms with E-state index in [9.17, 15) is 14.3 Å². The van der Waals surface area contributed by atoms with Crippen molar-refractivity contribution in [3.05, 3.63) is 35.0 Å². The van der Waals surface area contributed by atoms with E-state index in [4.69, 9.17) is 0 Å². The van der Waals surface area contributed by atoms with E-state index in [1.165, 1.54) is 23.5 Å². The van der Waals surface area contributed by atoms with Crippen molar-refractivity contribution in [2.24, 2.45) is 0 Å². The number of nitrogens with zero attached hydrogens (tertiary/aromatic N) is 1. The highest BCUT2D eigenvalue weighted by molar-refractivity contribution is 7.20. The molecule has 1 fully saturated rings. The second-order valence-corrected chi connectivity index (χ2v) is 6.03. The van der Waals surface area contributed by atoms with Gasteiger partial charge in [0.1, 0.15) is 5.82 Å². The fraction of sp³-hybridized carbons (Fsp3) is 0.308. The molecule has 1 aromatic heterocycles. The Hall–Kier alpha value is -1.46. The monoisotopic (exact) mass is 265 g/mol. The van der Waals surface area contributed by atoms with Gasteiger partial charge in [-0.1, -0.05) is 6.07 Å². The molecule has 1 N–H and O–H groups in total. The van der Waals surface area contributed by atoms with Gasteiger partial charge in [0.05, 0.1) is 23.6 Å². The molecule has 2 aromatic rings. The van der Waals surface area contributed by atoms with Crippen molar-refractivity contribution in [2.45, 2.75) is 12.5 Å². The SMILES string of the molecule is CC1(O)CN(C(=O)c2cc3ccc(F)cc3s2)C1. The van der Waals surface area contributed by atoms with Crippen LogP contribution in [0.4, 0.5) is 4.39 Å². The van der Waals surface area contributed by atoms with E-state index in [2.05, 4.69) is 0 Å². The average Bonchev–Trinajstić information content (AvgIpc) is 2.67. The van der Waals surface area contributed by atoms with Crippen LogP contribution < -0.4 is 0 Å². The van der Waals surface area contributed by atoms with Crippen LogP contribution in [0, 0.1) is 5.82 Å². The van der Waals surface area contributed by atoms with Crippen LogP contribution in [0.1, 0.15) is 16.6 Å². The topological polar surface area (TPSA) is 40.5 Å². The van der Waals surface area contributed by atoms with E-state index in [0.717, 1.165) is 10.1 Å².